The number of hydrogen-bond acceptors (Lipinski definition) is 2. The second-order valence-corrected chi connectivity index (χ2v) is 9.93. The van der Waals surface area contributed by atoms with E-state index in [9.17, 15) is 4.79 Å². The first kappa shape index (κ1) is 29.5. The van der Waals surface area contributed by atoms with Gasteiger partial charge in [0.2, 0.25) is 0 Å². The number of carbonyl (C=O) groups is 1. The topological polar surface area (TPSA) is 26.3 Å². The first-order chi connectivity index (χ1) is 14.6. The van der Waals surface area contributed by atoms with Gasteiger partial charge in [0.15, 0.2) is 0 Å². The summed E-state index contributed by atoms with van der Waals surface area (Å²) in [5.41, 5.74) is 0. The van der Waals surface area contributed by atoms with E-state index in [-0.39, 0.29) is 5.97 Å². The van der Waals surface area contributed by atoms with Gasteiger partial charge < -0.3 is 4.74 Å². The molecule has 0 aromatic carbocycles. The lowest BCUT2D eigenvalue weighted by molar-refractivity contribution is -0.144. The van der Waals surface area contributed by atoms with Crippen molar-refractivity contribution < 1.29 is 9.53 Å². The predicted octanol–water partition coefficient (Wildman–Crippen LogP) is 9.64. The quantitative estimate of drug-likeness (QED) is 0.120. The van der Waals surface area contributed by atoms with Gasteiger partial charge in [-0.25, -0.2) is 0 Å². The Morgan fingerprint density at radius 1 is 0.567 bits per heavy atom. The van der Waals surface area contributed by atoms with E-state index < -0.39 is 0 Å². The third-order valence-corrected chi connectivity index (χ3v) is 6.55. The lowest BCUT2D eigenvalue weighted by atomic mass is 9.94. The summed E-state index contributed by atoms with van der Waals surface area (Å²) in [7, 11) is 0. The van der Waals surface area contributed by atoms with Crippen molar-refractivity contribution in [2.45, 2.75) is 156 Å². The molecule has 2 atom stereocenters. The second-order valence-electron chi connectivity index (χ2n) is 9.93. The van der Waals surface area contributed by atoms with E-state index in [1.807, 2.05) is 0 Å². The molecule has 0 aliphatic carbocycles. The fourth-order valence-electron chi connectivity index (χ4n) is 4.22. The van der Waals surface area contributed by atoms with Crippen LogP contribution < -0.4 is 0 Å². The van der Waals surface area contributed by atoms with Gasteiger partial charge in [0, 0.05) is 6.42 Å². The van der Waals surface area contributed by atoms with E-state index >= 15 is 0 Å². The maximum Gasteiger partial charge on any atom is 0.305 e. The molecular weight excluding hydrogens is 368 g/mol. The first-order valence-electron chi connectivity index (χ1n) is 13.8. The Balaban J connectivity index is 3.37. The van der Waals surface area contributed by atoms with Crippen molar-refractivity contribution in [3.63, 3.8) is 0 Å². The molecular formula is C28H56O2. The predicted molar refractivity (Wildman–Crippen MR) is 133 cm³/mol. The third kappa shape index (κ3) is 22.2. The zero-order valence-electron chi connectivity index (χ0n) is 21.3. The third-order valence-electron chi connectivity index (χ3n) is 6.55. The second kappa shape index (κ2) is 23.1. The van der Waals surface area contributed by atoms with Crippen molar-refractivity contribution in [1.29, 1.82) is 0 Å². The zero-order chi connectivity index (χ0) is 22.3. The lowest BCUT2D eigenvalue weighted by Crippen LogP contribution is -2.08. The SMILES string of the molecule is CCCCCCCCCCCCOC(=O)CCC(C)CCCCCC(C)CCCC. The zero-order valence-corrected chi connectivity index (χ0v) is 21.3. The number of carbonyl (C=O) groups excluding carboxylic acids is 1. The van der Waals surface area contributed by atoms with Crippen LogP contribution in [0.1, 0.15) is 156 Å². The fourth-order valence-corrected chi connectivity index (χ4v) is 4.22. The molecule has 30 heavy (non-hydrogen) atoms. The van der Waals surface area contributed by atoms with Crippen molar-refractivity contribution in [2.75, 3.05) is 6.61 Å². The molecule has 0 heterocycles. The van der Waals surface area contributed by atoms with Gasteiger partial charge in [0.05, 0.1) is 6.61 Å². The standard InChI is InChI=1S/C28H56O2/c1-5-7-9-10-11-12-13-14-15-19-25-30-28(29)24-23-27(4)22-18-16-17-21-26(3)20-8-6-2/h26-27H,5-25H2,1-4H3. The van der Waals surface area contributed by atoms with Gasteiger partial charge in [0.25, 0.3) is 0 Å². The fraction of sp³-hybridized carbons (Fsp3) is 0.964. The minimum atomic E-state index is 0.0162. The van der Waals surface area contributed by atoms with Crippen LogP contribution in [0.4, 0.5) is 0 Å². The average Bonchev–Trinajstić information content (AvgIpc) is 2.74. The summed E-state index contributed by atoms with van der Waals surface area (Å²) in [5, 5.41) is 0. The normalized spacial score (nSPS) is 13.3. The minimum absolute atomic E-state index is 0.0162. The van der Waals surface area contributed by atoms with Crippen molar-refractivity contribution in [1.82, 2.24) is 0 Å². The Morgan fingerprint density at radius 3 is 1.57 bits per heavy atom. The summed E-state index contributed by atoms with van der Waals surface area (Å²) >= 11 is 0. The Bertz CT molecular complexity index is 353. The van der Waals surface area contributed by atoms with Crippen LogP contribution in [0.25, 0.3) is 0 Å². The van der Waals surface area contributed by atoms with E-state index in [1.165, 1.54) is 109 Å². The van der Waals surface area contributed by atoms with Gasteiger partial charge in [-0.15, -0.1) is 0 Å². The first-order valence-corrected chi connectivity index (χ1v) is 13.8. The molecule has 2 nitrogen and oxygen atoms in total. The molecule has 0 rings (SSSR count). The monoisotopic (exact) mass is 424 g/mol. The molecule has 0 amide bonds. The van der Waals surface area contributed by atoms with Crippen LogP contribution in [0, 0.1) is 11.8 Å². The molecule has 2 heteroatoms. The van der Waals surface area contributed by atoms with Crippen LogP contribution in [0.15, 0.2) is 0 Å². The lowest BCUT2D eigenvalue weighted by Gasteiger charge is -2.12. The van der Waals surface area contributed by atoms with Crippen molar-refractivity contribution in [3.8, 4) is 0 Å². The maximum atomic E-state index is 11.9. The highest BCUT2D eigenvalue weighted by Gasteiger charge is 2.08. The largest absolute Gasteiger partial charge is 0.466 e. The van der Waals surface area contributed by atoms with Gasteiger partial charge in [-0.3, -0.25) is 4.79 Å². The number of esters is 1. The number of rotatable bonds is 23. The van der Waals surface area contributed by atoms with E-state index in [0.29, 0.717) is 18.9 Å². The van der Waals surface area contributed by atoms with Gasteiger partial charge >= 0.3 is 5.97 Å². The highest BCUT2D eigenvalue weighted by Crippen LogP contribution is 2.19. The van der Waals surface area contributed by atoms with Crippen LogP contribution in [-0.2, 0) is 9.53 Å². The van der Waals surface area contributed by atoms with E-state index in [1.54, 1.807) is 0 Å². The van der Waals surface area contributed by atoms with Gasteiger partial charge in [-0.2, -0.15) is 0 Å². The number of hydrogen-bond donors (Lipinski definition) is 0. The molecule has 2 unspecified atom stereocenters. The van der Waals surface area contributed by atoms with E-state index in [4.69, 9.17) is 4.74 Å². The van der Waals surface area contributed by atoms with E-state index in [2.05, 4.69) is 27.7 Å². The summed E-state index contributed by atoms with van der Waals surface area (Å²) in [4.78, 5) is 11.9. The van der Waals surface area contributed by atoms with Gasteiger partial charge in [-0.1, -0.05) is 137 Å². The molecule has 0 N–H and O–H groups in total. The van der Waals surface area contributed by atoms with Crippen molar-refractivity contribution in [3.05, 3.63) is 0 Å². The Kier molecular flexibility index (Phi) is 22.7. The van der Waals surface area contributed by atoms with Gasteiger partial charge in [-0.05, 0) is 24.7 Å². The van der Waals surface area contributed by atoms with Crippen LogP contribution in [0.2, 0.25) is 0 Å². The molecule has 0 saturated carbocycles. The smallest absolute Gasteiger partial charge is 0.305 e. The summed E-state index contributed by atoms with van der Waals surface area (Å²) in [6.45, 7) is 9.87. The molecule has 0 aromatic heterocycles. The maximum absolute atomic E-state index is 11.9. The summed E-state index contributed by atoms with van der Waals surface area (Å²) < 4.78 is 5.43. The molecule has 0 saturated heterocycles. The molecule has 0 fully saturated rings. The van der Waals surface area contributed by atoms with Crippen molar-refractivity contribution >= 4 is 5.97 Å². The van der Waals surface area contributed by atoms with Crippen LogP contribution in [-0.4, -0.2) is 12.6 Å². The number of unbranched alkanes of at least 4 members (excludes halogenated alkanes) is 12. The Hall–Kier alpha value is -0.530. The van der Waals surface area contributed by atoms with Gasteiger partial charge in [0.1, 0.15) is 0 Å². The average molecular weight is 425 g/mol. The minimum Gasteiger partial charge on any atom is -0.466 e. The highest BCUT2D eigenvalue weighted by molar-refractivity contribution is 5.69. The summed E-state index contributed by atoms with van der Waals surface area (Å²) in [6.07, 6.45) is 25.6. The Labute approximate surface area is 190 Å². The van der Waals surface area contributed by atoms with E-state index in [0.717, 1.165) is 18.8 Å². The molecule has 180 valence electrons. The molecule has 0 aliphatic rings. The molecule has 0 bridgehead atoms. The highest BCUT2D eigenvalue weighted by atomic mass is 16.5. The van der Waals surface area contributed by atoms with Crippen LogP contribution in [0.5, 0.6) is 0 Å². The number of ether oxygens (including phenoxy) is 1. The molecule has 0 spiro atoms. The van der Waals surface area contributed by atoms with Crippen LogP contribution >= 0.6 is 0 Å². The molecule has 0 radical (unpaired) electrons. The van der Waals surface area contributed by atoms with Crippen molar-refractivity contribution in [2.24, 2.45) is 11.8 Å². The summed E-state index contributed by atoms with van der Waals surface area (Å²) in [5.74, 6) is 1.56. The Morgan fingerprint density at radius 2 is 1.00 bits per heavy atom. The molecule has 0 aliphatic heterocycles. The summed E-state index contributed by atoms with van der Waals surface area (Å²) in [6, 6.07) is 0. The van der Waals surface area contributed by atoms with Crippen LogP contribution in [0.3, 0.4) is 0 Å². The molecule has 0 aromatic rings.